The lowest BCUT2D eigenvalue weighted by atomic mass is 10.2. The molecule has 27 heavy (non-hydrogen) atoms. The average molecular weight is 368 g/mol. The molecule has 1 aliphatic heterocycles. The second-order valence-electron chi connectivity index (χ2n) is 7.13. The van der Waals surface area contributed by atoms with E-state index in [1.165, 1.54) is 11.3 Å². The molecular formula is C20H28N6O. The Morgan fingerprint density at radius 2 is 1.85 bits per heavy atom. The van der Waals surface area contributed by atoms with E-state index in [9.17, 15) is 4.79 Å². The normalized spacial score (nSPS) is 14.5. The fraction of sp³-hybridized carbons (Fsp3) is 0.450. The molecule has 0 unspecified atom stereocenters. The SMILES string of the molecule is Cc1cccc(N2CCN(c3cnc(C(=O)NCCN(C)C)cn3)CC2)c1. The predicted octanol–water partition coefficient (Wildman–Crippen LogP) is 1.40. The Bertz CT molecular complexity index is 753. The van der Waals surface area contributed by atoms with Crippen molar-refractivity contribution in [2.24, 2.45) is 0 Å². The third-order valence-corrected chi connectivity index (χ3v) is 4.69. The maximum absolute atomic E-state index is 12.1. The number of rotatable bonds is 6. The number of carbonyl (C=O) groups is 1. The van der Waals surface area contributed by atoms with Crippen LogP contribution < -0.4 is 15.1 Å². The van der Waals surface area contributed by atoms with E-state index in [1.54, 1.807) is 12.4 Å². The summed E-state index contributed by atoms with van der Waals surface area (Å²) in [6.07, 6.45) is 3.26. The summed E-state index contributed by atoms with van der Waals surface area (Å²) < 4.78 is 0. The Kier molecular flexibility index (Phi) is 6.24. The highest BCUT2D eigenvalue weighted by Crippen LogP contribution is 2.19. The van der Waals surface area contributed by atoms with Crippen molar-refractivity contribution in [1.82, 2.24) is 20.2 Å². The van der Waals surface area contributed by atoms with E-state index >= 15 is 0 Å². The van der Waals surface area contributed by atoms with Gasteiger partial charge in [0, 0.05) is 45.0 Å². The highest BCUT2D eigenvalue weighted by Gasteiger charge is 2.19. The Hall–Kier alpha value is -2.67. The predicted molar refractivity (Wildman–Crippen MR) is 109 cm³/mol. The van der Waals surface area contributed by atoms with Crippen LogP contribution in [0.2, 0.25) is 0 Å². The average Bonchev–Trinajstić information content (AvgIpc) is 2.68. The molecule has 0 aliphatic carbocycles. The minimum absolute atomic E-state index is 0.180. The Morgan fingerprint density at radius 3 is 2.48 bits per heavy atom. The number of anilines is 2. The summed E-state index contributed by atoms with van der Waals surface area (Å²) in [7, 11) is 3.94. The van der Waals surface area contributed by atoms with Crippen molar-refractivity contribution in [2.75, 3.05) is 63.2 Å². The number of carbonyl (C=O) groups excluding carboxylic acids is 1. The molecule has 7 heteroatoms. The minimum Gasteiger partial charge on any atom is -0.368 e. The van der Waals surface area contributed by atoms with Crippen molar-refractivity contribution >= 4 is 17.4 Å². The molecule has 1 aromatic carbocycles. The highest BCUT2D eigenvalue weighted by atomic mass is 16.1. The van der Waals surface area contributed by atoms with Crippen molar-refractivity contribution in [3.63, 3.8) is 0 Å². The molecule has 1 saturated heterocycles. The molecule has 0 bridgehead atoms. The van der Waals surface area contributed by atoms with Gasteiger partial charge in [0.25, 0.3) is 5.91 Å². The third kappa shape index (κ3) is 5.17. The standard InChI is InChI=1S/C20H28N6O/c1-16-5-4-6-17(13-16)25-9-11-26(12-10-25)19-15-22-18(14-23-19)20(27)21-7-8-24(2)3/h4-6,13-15H,7-12H2,1-3H3,(H,21,27). The first kappa shape index (κ1) is 19.1. The molecule has 1 N–H and O–H groups in total. The molecule has 1 amide bonds. The second-order valence-corrected chi connectivity index (χ2v) is 7.13. The first-order valence-electron chi connectivity index (χ1n) is 9.34. The zero-order valence-electron chi connectivity index (χ0n) is 16.4. The van der Waals surface area contributed by atoms with Crippen LogP contribution >= 0.6 is 0 Å². The molecule has 2 heterocycles. The number of hydrogen-bond acceptors (Lipinski definition) is 6. The molecule has 0 saturated carbocycles. The van der Waals surface area contributed by atoms with E-state index in [1.807, 2.05) is 19.0 Å². The third-order valence-electron chi connectivity index (χ3n) is 4.69. The number of aryl methyl sites for hydroxylation is 1. The zero-order chi connectivity index (χ0) is 19.2. The van der Waals surface area contributed by atoms with Crippen LogP contribution in [0.3, 0.4) is 0 Å². The molecule has 0 spiro atoms. The molecule has 0 radical (unpaired) electrons. The summed E-state index contributed by atoms with van der Waals surface area (Å²) in [5.74, 6) is 0.643. The highest BCUT2D eigenvalue weighted by molar-refractivity contribution is 5.92. The number of hydrogen-bond donors (Lipinski definition) is 1. The summed E-state index contributed by atoms with van der Waals surface area (Å²) in [6, 6.07) is 8.60. The quantitative estimate of drug-likeness (QED) is 0.832. The smallest absolute Gasteiger partial charge is 0.271 e. The van der Waals surface area contributed by atoms with E-state index in [2.05, 4.69) is 56.3 Å². The summed E-state index contributed by atoms with van der Waals surface area (Å²) in [5.41, 5.74) is 2.90. The van der Waals surface area contributed by atoms with Gasteiger partial charge in [0.1, 0.15) is 11.5 Å². The molecule has 3 rings (SSSR count). The molecule has 7 nitrogen and oxygen atoms in total. The molecule has 1 fully saturated rings. The maximum atomic E-state index is 12.1. The Morgan fingerprint density at radius 1 is 1.11 bits per heavy atom. The summed E-state index contributed by atoms with van der Waals surface area (Å²) >= 11 is 0. The topological polar surface area (TPSA) is 64.6 Å². The molecule has 0 atom stereocenters. The van der Waals surface area contributed by atoms with Crippen LogP contribution in [0.5, 0.6) is 0 Å². The Balaban J connectivity index is 1.53. The lowest BCUT2D eigenvalue weighted by Gasteiger charge is -2.36. The number of amides is 1. The van der Waals surface area contributed by atoms with Crippen LogP contribution in [0.25, 0.3) is 0 Å². The van der Waals surface area contributed by atoms with Crippen molar-refractivity contribution in [2.45, 2.75) is 6.92 Å². The summed E-state index contributed by atoms with van der Waals surface area (Å²) in [6.45, 7) is 7.16. The molecule has 1 aromatic heterocycles. The molecule has 144 valence electrons. The van der Waals surface area contributed by atoms with E-state index in [0.29, 0.717) is 12.2 Å². The second kappa shape index (κ2) is 8.81. The first-order valence-corrected chi connectivity index (χ1v) is 9.34. The molecule has 1 aliphatic rings. The van der Waals surface area contributed by atoms with Gasteiger partial charge in [0.2, 0.25) is 0 Å². The fourth-order valence-electron chi connectivity index (χ4n) is 3.10. The van der Waals surface area contributed by atoms with Gasteiger partial charge < -0.3 is 20.0 Å². The van der Waals surface area contributed by atoms with Gasteiger partial charge in [0.05, 0.1) is 12.4 Å². The number of benzene rings is 1. The number of nitrogens with zero attached hydrogens (tertiary/aromatic N) is 5. The van der Waals surface area contributed by atoms with Gasteiger partial charge in [-0.05, 0) is 38.7 Å². The molecular weight excluding hydrogens is 340 g/mol. The van der Waals surface area contributed by atoms with Gasteiger partial charge in [0.15, 0.2) is 0 Å². The van der Waals surface area contributed by atoms with Gasteiger partial charge in [-0.1, -0.05) is 12.1 Å². The number of aromatic nitrogens is 2. The van der Waals surface area contributed by atoms with E-state index in [4.69, 9.17) is 0 Å². The van der Waals surface area contributed by atoms with Crippen LogP contribution in [-0.4, -0.2) is 74.1 Å². The lowest BCUT2D eigenvalue weighted by Crippen LogP contribution is -2.47. The van der Waals surface area contributed by atoms with Gasteiger partial charge >= 0.3 is 0 Å². The van der Waals surface area contributed by atoms with Gasteiger partial charge in [-0.15, -0.1) is 0 Å². The van der Waals surface area contributed by atoms with Crippen molar-refractivity contribution in [1.29, 1.82) is 0 Å². The largest absolute Gasteiger partial charge is 0.368 e. The van der Waals surface area contributed by atoms with Crippen LogP contribution in [0.1, 0.15) is 16.1 Å². The molecule has 2 aromatic rings. The minimum atomic E-state index is -0.180. The lowest BCUT2D eigenvalue weighted by molar-refractivity contribution is 0.0945. The number of likely N-dealkylation sites (N-methyl/N-ethyl adjacent to an activating group) is 1. The van der Waals surface area contributed by atoms with Crippen molar-refractivity contribution in [3.8, 4) is 0 Å². The number of piperazine rings is 1. The van der Waals surface area contributed by atoms with Crippen LogP contribution in [-0.2, 0) is 0 Å². The zero-order valence-corrected chi connectivity index (χ0v) is 16.4. The first-order chi connectivity index (χ1) is 13.0. The fourth-order valence-corrected chi connectivity index (χ4v) is 3.10. The van der Waals surface area contributed by atoms with Crippen LogP contribution in [0, 0.1) is 6.92 Å². The summed E-state index contributed by atoms with van der Waals surface area (Å²) in [5, 5.41) is 2.85. The summed E-state index contributed by atoms with van der Waals surface area (Å²) in [4.78, 5) is 27.5. The Labute approximate surface area is 161 Å². The van der Waals surface area contributed by atoms with Crippen molar-refractivity contribution < 1.29 is 4.79 Å². The van der Waals surface area contributed by atoms with E-state index in [0.717, 1.165) is 38.5 Å². The van der Waals surface area contributed by atoms with E-state index < -0.39 is 0 Å². The maximum Gasteiger partial charge on any atom is 0.271 e. The van der Waals surface area contributed by atoms with Gasteiger partial charge in [-0.25, -0.2) is 9.97 Å². The van der Waals surface area contributed by atoms with Gasteiger partial charge in [-0.2, -0.15) is 0 Å². The monoisotopic (exact) mass is 368 g/mol. The van der Waals surface area contributed by atoms with Crippen molar-refractivity contribution in [3.05, 3.63) is 47.9 Å². The van der Waals surface area contributed by atoms with Crippen LogP contribution in [0.15, 0.2) is 36.7 Å². The van der Waals surface area contributed by atoms with Gasteiger partial charge in [-0.3, -0.25) is 4.79 Å². The number of nitrogens with one attached hydrogen (secondary N) is 1. The van der Waals surface area contributed by atoms with E-state index in [-0.39, 0.29) is 5.91 Å². The van der Waals surface area contributed by atoms with Crippen LogP contribution in [0.4, 0.5) is 11.5 Å².